The standard InChI is InChI=1S/C19H21N3O2S/c1-25(23,24)16-9-7-13(8-10-16)15-11-17-19(20-12-15)22-18(21-17)14-5-3-2-4-6-14/h7-12,14H,2-6H2,1H3,(H,20,21,22). The van der Waals surface area contributed by atoms with E-state index in [1.807, 2.05) is 18.2 Å². The summed E-state index contributed by atoms with van der Waals surface area (Å²) in [5.74, 6) is 1.56. The zero-order valence-corrected chi connectivity index (χ0v) is 15.0. The minimum absolute atomic E-state index is 0.325. The summed E-state index contributed by atoms with van der Waals surface area (Å²) in [4.78, 5) is 12.9. The van der Waals surface area contributed by atoms with E-state index in [0.29, 0.717) is 10.8 Å². The fourth-order valence-electron chi connectivity index (χ4n) is 3.54. The van der Waals surface area contributed by atoms with Gasteiger partial charge in [-0.15, -0.1) is 0 Å². The first-order chi connectivity index (χ1) is 12.0. The van der Waals surface area contributed by atoms with Crippen LogP contribution in [0.1, 0.15) is 43.8 Å². The molecule has 0 bridgehead atoms. The molecule has 1 saturated carbocycles. The summed E-state index contributed by atoms with van der Waals surface area (Å²) in [6.45, 7) is 0. The molecule has 1 aliphatic rings. The van der Waals surface area contributed by atoms with Crippen molar-refractivity contribution in [1.29, 1.82) is 0 Å². The summed E-state index contributed by atoms with van der Waals surface area (Å²) in [6.07, 6.45) is 9.26. The van der Waals surface area contributed by atoms with Gasteiger partial charge in [-0.1, -0.05) is 31.4 Å². The number of nitrogens with one attached hydrogen (secondary N) is 1. The molecule has 5 nitrogen and oxygen atoms in total. The molecule has 0 unspecified atom stereocenters. The number of imidazole rings is 1. The van der Waals surface area contributed by atoms with Crippen molar-refractivity contribution in [3.63, 3.8) is 0 Å². The van der Waals surface area contributed by atoms with E-state index in [4.69, 9.17) is 0 Å². The summed E-state index contributed by atoms with van der Waals surface area (Å²) in [5, 5.41) is 0. The van der Waals surface area contributed by atoms with Gasteiger partial charge in [0.25, 0.3) is 0 Å². The average Bonchev–Trinajstić information content (AvgIpc) is 3.05. The van der Waals surface area contributed by atoms with Crippen LogP contribution in [0.2, 0.25) is 0 Å². The highest BCUT2D eigenvalue weighted by atomic mass is 32.2. The first kappa shape index (κ1) is 16.3. The van der Waals surface area contributed by atoms with Crippen molar-refractivity contribution in [3.05, 3.63) is 42.4 Å². The Kier molecular flexibility index (Phi) is 4.07. The maximum absolute atomic E-state index is 11.6. The maximum atomic E-state index is 11.6. The lowest BCUT2D eigenvalue weighted by Crippen LogP contribution is -2.05. The fourth-order valence-corrected chi connectivity index (χ4v) is 4.17. The van der Waals surface area contributed by atoms with Crippen LogP contribution in [-0.2, 0) is 9.84 Å². The molecule has 3 aromatic rings. The largest absolute Gasteiger partial charge is 0.340 e. The monoisotopic (exact) mass is 355 g/mol. The number of benzene rings is 1. The van der Waals surface area contributed by atoms with Crippen LogP contribution in [0.15, 0.2) is 41.4 Å². The lowest BCUT2D eigenvalue weighted by molar-refractivity contribution is 0.431. The number of aromatic nitrogens is 3. The summed E-state index contributed by atoms with van der Waals surface area (Å²) in [6, 6.07) is 8.94. The minimum Gasteiger partial charge on any atom is -0.340 e. The van der Waals surface area contributed by atoms with Crippen molar-refractivity contribution in [1.82, 2.24) is 15.0 Å². The first-order valence-corrected chi connectivity index (χ1v) is 10.6. The predicted octanol–water partition coefficient (Wildman–Crippen LogP) is 4.08. The molecule has 0 radical (unpaired) electrons. The summed E-state index contributed by atoms with van der Waals surface area (Å²) in [5.41, 5.74) is 3.57. The normalized spacial score (nSPS) is 16.4. The Hall–Kier alpha value is -2.21. The average molecular weight is 355 g/mol. The van der Waals surface area contributed by atoms with E-state index in [-0.39, 0.29) is 0 Å². The minimum atomic E-state index is -3.18. The molecular weight excluding hydrogens is 334 g/mol. The van der Waals surface area contributed by atoms with Gasteiger partial charge < -0.3 is 4.98 Å². The zero-order chi connectivity index (χ0) is 17.4. The second-order valence-corrected chi connectivity index (χ2v) is 8.86. The van der Waals surface area contributed by atoms with Gasteiger partial charge in [0.1, 0.15) is 5.82 Å². The van der Waals surface area contributed by atoms with Gasteiger partial charge in [0.2, 0.25) is 0 Å². The maximum Gasteiger partial charge on any atom is 0.177 e. The van der Waals surface area contributed by atoms with Gasteiger partial charge in [-0.2, -0.15) is 0 Å². The predicted molar refractivity (Wildman–Crippen MR) is 98.3 cm³/mol. The Balaban J connectivity index is 1.66. The van der Waals surface area contributed by atoms with Gasteiger partial charge >= 0.3 is 0 Å². The van der Waals surface area contributed by atoms with Crippen LogP contribution < -0.4 is 0 Å². The second kappa shape index (κ2) is 6.26. The lowest BCUT2D eigenvalue weighted by Gasteiger charge is -2.18. The molecule has 25 heavy (non-hydrogen) atoms. The number of rotatable bonds is 3. The quantitative estimate of drug-likeness (QED) is 0.768. The van der Waals surface area contributed by atoms with E-state index in [9.17, 15) is 8.42 Å². The van der Waals surface area contributed by atoms with Crippen molar-refractivity contribution in [2.75, 3.05) is 6.26 Å². The van der Waals surface area contributed by atoms with E-state index < -0.39 is 9.84 Å². The third kappa shape index (κ3) is 3.31. The van der Waals surface area contributed by atoms with E-state index in [0.717, 1.165) is 28.1 Å². The number of sulfone groups is 1. The van der Waals surface area contributed by atoms with Gasteiger partial charge in [0.15, 0.2) is 15.5 Å². The van der Waals surface area contributed by atoms with Gasteiger partial charge in [-0.25, -0.2) is 18.4 Å². The third-order valence-corrected chi connectivity index (χ3v) is 6.09. The molecular formula is C19H21N3O2S. The van der Waals surface area contributed by atoms with E-state index >= 15 is 0 Å². The van der Waals surface area contributed by atoms with Crippen LogP contribution in [0.4, 0.5) is 0 Å². The fraction of sp³-hybridized carbons (Fsp3) is 0.368. The number of fused-ring (bicyclic) bond motifs is 1. The van der Waals surface area contributed by atoms with E-state index in [2.05, 4.69) is 15.0 Å². The molecule has 2 heterocycles. The van der Waals surface area contributed by atoms with Crippen LogP contribution in [-0.4, -0.2) is 29.6 Å². The van der Waals surface area contributed by atoms with Crippen LogP contribution in [0.25, 0.3) is 22.3 Å². The molecule has 2 aromatic heterocycles. The van der Waals surface area contributed by atoms with Gasteiger partial charge in [0.05, 0.1) is 10.4 Å². The number of H-pyrrole nitrogens is 1. The van der Waals surface area contributed by atoms with Crippen molar-refractivity contribution < 1.29 is 8.42 Å². The second-order valence-electron chi connectivity index (χ2n) is 6.85. The Bertz CT molecular complexity index is 1000. The van der Waals surface area contributed by atoms with E-state index in [1.165, 1.54) is 38.4 Å². The third-order valence-electron chi connectivity index (χ3n) is 4.96. The molecule has 1 N–H and O–H groups in total. The Labute approximate surface area is 147 Å². The highest BCUT2D eigenvalue weighted by Gasteiger charge is 2.19. The van der Waals surface area contributed by atoms with Gasteiger partial charge in [-0.3, -0.25) is 0 Å². The van der Waals surface area contributed by atoms with Crippen LogP contribution in [0.3, 0.4) is 0 Å². The topological polar surface area (TPSA) is 75.7 Å². The van der Waals surface area contributed by atoms with Crippen LogP contribution in [0.5, 0.6) is 0 Å². The molecule has 1 aromatic carbocycles. The van der Waals surface area contributed by atoms with Gasteiger partial charge in [0, 0.05) is 23.9 Å². The first-order valence-electron chi connectivity index (χ1n) is 8.67. The van der Waals surface area contributed by atoms with E-state index in [1.54, 1.807) is 18.3 Å². The molecule has 0 spiro atoms. The number of nitrogens with zero attached hydrogens (tertiary/aromatic N) is 2. The number of aromatic amines is 1. The van der Waals surface area contributed by atoms with Crippen molar-refractivity contribution in [2.45, 2.75) is 42.9 Å². The molecule has 1 aliphatic carbocycles. The molecule has 1 fully saturated rings. The molecule has 0 atom stereocenters. The molecule has 130 valence electrons. The number of hydrogen-bond acceptors (Lipinski definition) is 4. The Morgan fingerprint density at radius 1 is 1.04 bits per heavy atom. The number of pyridine rings is 1. The molecule has 4 rings (SSSR count). The zero-order valence-electron chi connectivity index (χ0n) is 14.2. The molecule has 0 saturated heterocycles. The smallest absolute Gasteiger partial charge is 0.177 e. The van der Waals surface area contributed by atoms with Crippen LogP contribution in [0, 0.1) is 0 Å². The summed E-state index contributed by atoms with van der Waals surface area (Å²) in [7, 11) is -3.18. The molecule has 6 heteroatoms. The van der Waals surface area contributed by atoms with Gasteiger partial charge in [-0.05, 0) is 36.6 Å². The highest BCUT2D eigenvalue weighted by molar-refractivity contribution is 7.90. The summed E-state index contributed by atoms with van der Waals surface area (Å²) < 4.78 is 23.2. The highest BCUT2D eigenvalue weighted by Crippen LogP contribution is 2.32. The van der Waals surface area contributed by atoms with Crippen molar-refractivity contribution in [2.24, 2.45) is 0 Å². The Morgan fingerprint density at radius 3 is 2.44 bits per heavy atom. The molecule has 0 amide bonds. The lowest BCUT2D eigenvalue weighted by atomic mass is 9.89. The molecule has 0 aliphatic heterocycles. The van der Waals surface area contributed by atoms with Crippen molar-refractivity contribution in [3.8, 4) is 11.1 Å². The SMILES string of the molecule is CS(=O)(=O)c1ccc(-c2cnc3nc(C4CCCCC4)[nH]c3c2)cc1. The number of hydrogen-bond donors (Lipinski definition) is 1. The Morgan fingerprint density at radius 2 is 1.76 bits per heavy atom. The summed E-state index contributed by atoms with van der Waals surface area (Å²) >= 11 is 0. The van der Waals surface area contributed by atoms with Crippen molar-refractivity contribution >= 4 is 21.0 Å². The van der Waals surface area contributed by atoms with Crippen LogP contribution >= 0.6 is 0 Å².